The van der Waals surface area contributed by atoms with E-state index in [0.29, 0.717) is 16.8 Å². The summed E-state index contributed by atoms with van der Waals surface area (Å²) in [6.07, 6.45) is 1.69. The number of pyridine rings is 2. The lowest BCUT2D eigenvalue weighted by Crippen LogP contribution is -2.15. The van der Waals surface area contributed by atoms with E-state index in [4.69, 9.17) is 0 Å². The molecule has 4 aromatic rings. The SMILES string of the molecule is O=C(Nc1cccc2cccnc12)c1cccc2ccc(=O)[nH]c12. The average molecular weight is 315 g/mol. The van der Waals surface area contributed by atoms with Crippen molar-refractivity contribution in [3.8, 4) is 0 Å². The molecule has 24 heavy (non-hydrogen) atoms. The highest BCUT2D eigenvalue weighted by molar-refractivity contribution is 6.13. The molecule has 0 fully saturated rings. The lowest BCUT2D eigenvalue weighted by Gasteiger charge is -2.09. The zero-order valence-corrected chi connectivity index (χ0v) is 12.6. The summed E-state index contributed by atoms with van der Waals surface area (Å²) < 4.78 is 0. The van der Waals surface area contributed by atoms with Crippen LogP contribution in [0.15, 0.2) is 71.7 Å². The molecule has 2 aromatic heterocycles. The van der Waals surface area contributed by atoms with E-state index in [-0.39, 0.29) is 11.5 Å². The first-order chi connectivity index (χ1) is 11.7. The molecule has 2 aromatic carbocycles. The van der Waals surface area contributed by atoms with Gasteiger partial charge in [-0.3, -0.25) is 14.6 Å². The molecule has 2 N–H and O–H groups in total. The summed E-state index contributed by atoms with van der Waals surface area (Å²) in [4.78, 5) is 31.4. The molecule has 0 aliphatic heterocycles. The Morgan fingerprint density at radius 3 is 2.62 bits per heavy atom. The van der Waals surface area contributed by atoms with E-state index in [0.717, 1.165) is 16.3 Å². The highest BCUT2D eigenvalue weighted by Gasteiger charge is 2.12. The molecule has 0 bridgehead atoms. The van der Waals surface area contributed by atoms with Gasteiger partial charge in [-0.2, -0.15) is 0 Å². The summed E-state index contributed by atoms with van der Waals surface area (Å²) >= 11 is 0. The van der Waals surface area contributed by atoms with Crippen LogP contribution in [0.1, 0.15) is 10.4 Å². The number of rotatable bonds is 2. The van der Waals surface area contributed by atoms with Crippen LogP contribution >= 0.6 is 0 Å². The number of nitrogens with one attached hydrogen (secondary N) is 2. The van der Waals surface area contributed by atoms with E-state index in [9.17, 15) is 9.59 Å². The number of benzene rings is 2. The number of carbonyl (C=O) groups is 1. The van der Waals surface area contributed by atoms with Gasteiger partial charge in [-0.1, -0.05) is 30.3 Å². The van der Waals surface area contributed by atoms with Crippen LogP contribution < -0.4 is 10.9 Å². The summed E-state index contributed by atoms with van der Waals surface area (Å²) in [6.45, 7) is 0. The Balaban J connectivity index is 1.80. The van der Waals surface area contributed by atoms with E-state index in [1.165, 1.54) is 6.07 Å². The van der Waals surface area contributed by atoms with Crippen LogP contribution in [0, 0.1) is 0 Å². The maximum Gasteiger partial charge on any atom is 0.257 e. The number of fused-ring (bicyclic) bond motifs is 2. The summed E-state index contributed by atoms with van der Waals surface area (Å²) in [5, 5.41) is 4.64. The summed E-state index contributed by atoms with van der Waals surface area (Å²) in [6, 6.07) is 17.9. The number of anilines is 1. The molecule has 0 aliphatic rings. The minimum Gasteiger partial charge on any atom is -0.321 e. The highest BCUT2D eigenvalue weighted by atomic mass is 16.1. The first-order valence-corrected chi connectivity index (χ1v) is 7.49. The van der Waals surface area contributed by atoms with Crippen LogP contribution in [-0.4, -0.2) is 15.9 Å². The second-order valence-corrected chi connectivity index (χ2v) is 5.43. The number of amides is 1. The molecule has 0 saturated carbocycles. The van der Waals surface area contributed by atoms with Gasteiger partial charge in [-0.05, 0) is 29.7 Å². The fraction of sp³-hybridized carbons (Fsp3) is 0. The second kappa shape index (κ2) is 5.62. The Kier molecular flexibility index (Phi) is 3.31. The zero-order valence-electron chi connectivity index (χ0n) is 12.6. The van der Waals surface area contributed by atoms with Crippen LogP contribution in [-0.2, 0) is 0 Å². The molecule has 116 valence electrons. The molecular formula is C19H13N3O2. The maximum atomic E-state index is 12.7. The van der Waals surface area contributed by atoms with Crippen molar-refractivity contribution >= 4 is 33.4 Å². The predicted octanol–water partition coefficient (Wildman–Crippen LogP) is 3.33. The van der Waals surface area contributed by atoms with Crippen molar-refractivity contribution in [1.29, 1.82) is 0 Å². The van der Waals surface area contributed by atoms with E-state index in [2.05, 4.69) is 15.3 Å². The number of para-hydroxylation sites is 2. The monoisotopic (exact) mass is 315 g/mol. The number of aromatic nitrogens is 2. The zero-order chi connectivity index (χ0) is 16.5. The lowest BCUT2D eigenvalue weighted by molar-refractivity contribution is 0.102. The summed E-state index contributed by atoms with van der Waals surface area (Å²) in [5.74, 6) is -0.291. The molecule has 5 heteroatoms. The third kappa shape index (κ3) is 2.42. The highest BCUT2D eigenvalue weighted by Crippen LogP contribution is 2.22. The van der Waals surface area contributed by atoms with Gasteiger partial charge >= 0.3 is 0 Å². The van der Waals surface area contributed by atoms with Crippen LogP contribution in [0.3, 0.4) is 0 Å². The van der Waals surface area contributed by atoms with Crippen LogP contribution in [0.25, 0.3) is 21.8 Å². The number of hydrogen-bond donors (Lipinski definition) is 2. The van der Waals surface area contributed by atoms with Crippen molar-refractivity contribution in [1.82, 2.24) is 9.97 Å². The molecule has 4 rings (SSSR count). The van der Waals surface area contributed by atoms with Crippen molar-refractivity contribution in [3.05, 3.63) is 82.8 Å². The number of nitrogens with zero attached hydrogens (tertiary/aromatic N) is 1. The van der Waals surface area contributed by atoms with Gasteiger partial charge in [0.05, 0.1) is 22.3 Å². The van der Waals surface area contributed by atoms with E-state index in [1.807, 2.05) is 30.3 Å². The van der Waals surface area contributed by atoms with Crippen molar-refractivity contribution in [2.45, 2.75) is 0 Å². The molecule has 0 saturated heterocycles. The third-order valence-electron chi connectivity index (χ3n) is 3.88. The van der Waals surface area contributed by atoms with E-state index in [1.54, 1.807) is 30.5 Å². The van der Waals surface area contributed by atoms with Gasteiger partial charge in [-0.25, -0.2) is 0 Å². The van der Waals surface area contributed by atoms with Gasteiger partial charge in [0.25, 0.3) is 5.91 Å². The van der Waals surface area contributed by atoms with E-state index < -0.39 is 0 Å². The molecule has 5 nitrogen and oxygen atoms in total. The predicted molar refractivity (Wildman–Crippen MR) is 94.3 cm³/mol. The Hall–Kier alpha value is -3.47. The third-order valence-corrected chi connectivity index (χ3v) is 3.88. The maximum absolute atomic E-state index is 12.7. The normalized spacial score (nSPS) is 10.8. The number of aromatic amines is 1. The minimum absolute atomic E-state index is 0.241. The van der Waals surface area contributed by atoms with Crippen molar-refractivity contribution in [2.24, 2.45) is 0 Å². The fourth-order valence-corrected chi connectivity index (χ4v) is 2.76. The van der Waals surface area contributed by atoms with Gasteiger partial charge < -0.3 is 10.3 Å². The van der Waals surface area contributed by atoms with Crippen molar-refractivity contribution in [3.63, 3.8) is 0 Å². The topological polar surface area (TPSA) is 74.8 Å². The van der Waals surface area contributed by atoms with E-state index >= 15 is 0 Å². The number of hydrogen-bond acceptors (Lipinski definition) is 3. The van der Waals surface area contributed by atoms with Crippen molar-refractivity contribution < 1.29 is 4.79 Å². The first kappa shape index (κ1) is 14.1. The van der Waals surface area contributed by atoms with Crippen LogP contribution in [0.5, 0.6) is 0 Å². The molecule has 2 heterocycles. The number of carbonyl (C=O) groups excluding carboxylic acids is 1. The molecule has 1 amide bonds. The molecule has 0 spiro atoms. The standard InChI is InChI=1S/C19H13N3O2/c23-16-10-9-13-4-1-7-14(17(13)22-16)19(24)21-15-8-2-5-12-6-3-11-20-18(12)15/h1-11H,(H,21,24)(H,22,23). The molecule has 0 unspecified atom stereocenters. The molecule has 0 aliphatic carbocycles. The van der Waals surface area contributed by atoms with Crippen LogP contribution in [0.2, 0.25) is 0 Å². The van der Waals surface area contributed by atoms with Gasteiger partial charge in [0.1, 0.15) is 0 Å². The van der Waals surface area contributed by atoms with Gasteiger partial charge in [0.2, 0.25) is 5.56 Å². The quantitative estimate of drug-likeness (QED) is 0.596. The fourth-order valence-electron chi connectivity index (χ4n) is 2.76. The second-order valence-electron chi connectivity index (χ2n) is 5.43. The Morgan fingerprint density at radius 1 is 0.917 bits per heavy atom. The number of H-pyrrole nitrogens is 1. The van der Waals surface area contributed by atoms with Crippen molar-refractivity contribution in [2.75, 3.05) is 5.32 Å². The first-order valence-electron chi connectivity index (χ1n) is 7.49. The molecule has 0 atom stereocenters. The van der Waals surface area contributed by atoms with Gasteiger partial charge in [0, 0.05) is 17.6 Å². The molecule has 0 radical (unpaired) electrons. The van der Waals surface area contributed by atoms with Gasteiger partial charge in [0.15, 0.2) is 0 Å². The lowest BCUT2D eigenvalue weighted by atomic mass is 10.1. The Labute approximate surface area is 137 Å². The van der Waals surface area contributed by atoms with Gasteiger partial charge in [-0.15, -0.1) is 0 Å². The smallest absolute Gasteiger partial charge is 0.257 e. The van der Waals surface area contributed by atoms with Crippen LogP contribution in [0.4, 0.5) is 5.69 Å². The minimum atomic E-state index is -0.291. The molecular weight excluding hydrogens is 302 g/mol. The largest absolute Gasteiger partial charge is 0.321 e. The Morgan fingerprint density at radius 2 is 1.71 bits per heavy atom. The summed E-state index contributed by atoms with van der Waals surface area (Å²) in [7, 11) is 0. The Bertz CT molecular complexity index is 1130. The average Bonchev–Trinajstić information content (AvgIpc) is 2.61. The summed E-state index contributed by atoms with van der Waals surface area (Å²) in [5.41, 5.74) is 2.05.